The molecule has 1 heterocycles. The first-order chi connectivity index (χ1) is 19.2. The number of rotatable bonds is 9. The highest BCUT2D eigenvalue weighted by atomic mass is 35.5. The van der Waals surface area contributed by atoms with E-state index in [1.165, 1.54) is 5.56 Å². The maximum Gasteiger partial charge on any atom is 0.243 e. The Morgan fingerprint density at radius 2 is 1.52 bits per heavy atom. The van der Waals surface area contributed by atoms with Crippen molar-refractivity contribution >= 4 is 58.2 Å². The van der Waals surface area contributed by atoms with E-state index in [0.29, 0.717) is 32.9 Å². The van der Waals surface area contributed by atoms with Crippen LogP contribution in [0.2, 0.25) is 20.1 Å². The van der Waals surface area contributed by atoms with Crippen LogP contribution < -0.4 is 10.6 Å². The van der Waals surface area contributed by atoms with Crippen molar-refractivity contribution in [2.45, 2.75) is 56.1 Å². The van der Waals surface area contributed by atoms with Gasteiger partial charge in [0.25, 0.3) is 0 Å². The van der Waals surface area contributed by atoms with Gasteiger partial charge in [-0.05, 0) is 66.6 Å². The van der Waals surface area contributed by atoms with E-state index in [-0.39, 0.29) is 24.3 Å². The van der Waals surface area contributed by atoms with Crippen LogP contribution in [0, 0.1) is 0 Å². The van der Waals surface area contributed by atoms with Crippen LogP contribution in [0.25, 0.3) is 0 Å². The van der Waals surface area contributed by atoms with E-state index < -0.39 is 11.5 Å². The fourth-order valence-electron chi connectivity index (χ4n) is 5.41. The molecule has 3 aromatic carbocycles. The summed E-state index contributed by atoms with van der Waals surface area (Å²) in [6.07, 6.45) is 3.22. The largest absolute Gasteiger partial charge is 0.351 e. The summed E-state index contributed by atoms with van der Waals surface area (Å²) in [6, 6.07) is 20.0. The third-order valence-electron chi connectivity index (χ3n) is 7.88. The first kappa shape index (κ1) is 29.2. The van der Waals surface area contributed by atoms with Gasteiger partial charge in [0.1, 0.15) is 6.04 Å². The lowest BCUT2D eigenvalue weighted by Gasteiger charge is -2.33. The van der Waals surface area contributed by atoms with E-state index >= 15 is 0 Å². The molecule has 9 heteroatoms. The average Bonchev–Trinajstić information content (AvgIpc) is 3.73. The van der Waals surface area contributed by atoms with Crippen molar-refractivity contribution in [2.24, 2.45) is 0 Å². The minimum Gasteiger partial charge on any atom is -0.351 e. The Balaban J connectivity index is 1.27. The van der Waals surface area contributed by atoms with Gasteiger partial charge in [0.05, 0.1) is 5.41 Å². The molecule has 210 valence electrons. The molecular formula is C31H31Cl4N3O2. The smallest absolute Gasteiger partial charge is 0.243 e. The lowest BCUT2D eigenvalue weighted by atomic mass is 9.93. The van der Waals surface area contributed by atoms with E-state index in [9.17, 15) is 9.59 Å². The number of nitrogens with zero attached hydrogens (tertiary/aromatic N) is 1. The van der Waals surface area contributed by atoms with E-state index in [2.05, 4.69) is 39.8 Å². The Kier molecular flexibility index (Phi) is 9.28. The molecule has 5 rings (SSSR count). The summed E-state index contributed by atoms with van der Waals surface area (Å²) < 4.78 is 0. The van der Waals surface area contributed by atoms with Gasteiger partial charge in [-0.2, -0.15) is 0 Å². The number of hydrogen-bond donors (Lipinski definition) is 2. The Bertz CT molecular complexity index is 1370. The van der Waals surface area contributed by atoms with Crippen molar-refractivity contribution in [3.8, 4) is 0 Å². The first-order valence-electron chi connectivity index (χ1n) is 13.5. The molecule has 1 atom stereocenters. The molecule has 1 aliphatic carbocycles. The second kappa shape index (κ2) is 12.7. The SMILES string of the molecule is O=C(NC1CCN(Cc2ccccc2)CC1)[C@H](Cc1ccc(Cl)cc1Cl)NC(=O)C1(c2ccc(Cl)cc2Cl)CC1. The number of benzene rings is 3. The van der Waals surface area contributed by atoms with Gasteiger partial charge in [0.15, 0.2) is 0 Å². The molecule has 2 amide bonds. The van der Waals surface area contributed by atoms with Crippen LogP contribution >= 0.6 is 46.4 Å². The topological polar surface area (TPSA) is 61.4 Å². The molecule has 0 unspecified atom stereocenters. The molecule has 0 bridgehead atoms. The van der Waals surface area contributed by atoms with Crippen LogP contribution in [0.3, 0.4) is 0 Å². The highest BCUT2D eigenvalue weighted by Crippen LogP contribution is 2.51. The number of carbonyl (C=O) groups is 2. The molecule has 1 saturated heterocycles. The van der Waals surface area contributed by atoms with Crippen molar-refractivity contribution in [2.75, 3.05) is 13.1 Å². The molecule has 1 aliphatic heterocycles. The van der Waals surface area contributed by atoms with Crippen molar-refractivity contribution in [3.05, 3.63) is 104 Å². The summed E-state index contributed by atoms with van der Waals surface area (Å²) >= 11 is 25.1. The number of nitrogens with one attached hydrogen (secondary N) is 2. The molecular weight excluding hydrogens is 588 g/mol. The highest BCUT2D eigenvalue weighted by molar-refractivity contribution is 6.35. The number of carbonyl (C=O) groups excluding carboxylic acids is 2. The van der Waals surface area contributed by atoms with Gasteiger partial charge in [-0.25, -0.2) is 0 Å². The molecule has 0 aromatic heterocycles. The minimum absolute atomic E-state index is 0.0280. The third-order valence-corrected chi connectivity index (χ3v) is 9.01. The van der Waals surface area contributed by atoms with Crippen LogP contribution in [-0.4, -0.2) is 41.9 Å². The number of amides is 2. The van der Waals surface area contributed by atoms with Crippen molar-refractivity contribution < 1.29 is 9.59 Å². The predicted octanol–water partition coefficient (Wildman–Crippen LogP) is 6.84. The predicted molar refractivity (Wildman–Crippen MR) is 162 cm³/mol. The lowest BCUT2D eigenvalue weighted by molar-refractivity contribution is -0.130. The summed E-state index contributed by atoms with van der Waals surface area (Å²) in [4.78, 5) is 29.7. The molecule has 5 nitrogen and oxygen atoms in total. The van der Waals surface area contributed by atoms with Crippen LogP contribution in [0.4, 0.5) is 0 Å². The van der Waals surface area contributed by atoms with Gasteiger partial charge in [-0.3, -0.25) is 14.5 Å². The van der Waals surface area contributed by atoms with E-state index in [4.69, 9.17) is 46.4 Å². The Morgan fingerprint density at radius 1 is 0.875 bits per heavy atom. The lowest BCUT2D eigenvalue weighted by Crippen LogP contribution is -2.54. The zero-order chi connectivity index (χ0) is 28.3. The normalized spacial score (nSPS) is 17.7. The molecule has 0 radical (unpaired) electrons. The average molecular weight is 619 g/mol. The second-order valence-electron chi connectivity index (χ2n) is 10.7. The summed E-state index contributed by atoms with van der Waals surface area (Å²) in [5.41, 5.74) is 1.97. The summed E-state index contributed by atoms with van der Waals surface area (Å²) in [6.45, 7) is 2.67. The van der Waals surface area contributed by atoms with Crippen LogP contribution in [0.5, 0.6) is 0 Å². The highest BCUT2D eigenvalue weighted by Gasteiger charge is 2.53. The van der Waals surface area contributed by atoms with Crippen molar-refractivity contribution in [1.29, 1.82) is 0 Å². The van der Waals surface area contributed by atoms with E-state index in [1.54, 1.807) is 36.4 Å². The maximum absolute atomic E-state index is 13.7. The monoisotopic (exact) mass is 617 g/mol. The van der Waals surface area contributed by atoms with Crippen molar-refractivity contribution in [3.63, 3.8) is 0 Å². The molecule has 2 aliphatic rings. The van der Waals surface area contributed by atoms with Crippen LogP contribution in [0.15, 0.2) is 66.7 Å². The first-order valence-corrected chi connectivity index (χ1v) is 15.0. The van der Waals surface area contributed by atoms with Crippen molar-refractivity contribution in [1.82, 2.24) is 15.5 Å². The van der Waals surface area contributed by atoms with Crippen LogP contribution in [0.1, 0.15) is 42.4 Å². The summed E-state index contributed by atoms with van der Waals surface area (Å²) in [7, 11) is 0. The fourth-order valence-corrected chi connectivity index (χ4v) is 6.49. The second-order valence-corrected chi connectivity index (χ2v) is 12.4. The molecule has 40 heavy (non-hydrogen) atoms. The Hall–Kier alpha value is -2.28. The molecule has 3 aromatic rings. The molecule has 1 saturated carbocycles. The quantitative estimate of drug-likeness (QED) is 0.276. The van der Waals surface area contributed by atoms with E-state index in [0.717, 1.165) is 43.6 Å². The zero-order valence-electron chi connectivity index (χ0n) is 21.9. The third kappa shape index (κ3) is 6.95. The van der Waals surface area contributed by atoms with Gasteiger partial charge < -0.3 is 10.6 Å². The van der Waals surface area contributed by atoms with Gasteiger partial charge >= 0.3 is 0 Å². The van der Waals surface area contributed by atoms with Gasteiger partial charge in [0, 0.05) is 52.2 Å². The summed E-state index contributed by atoms with van der Waals surface area (Å²) in [5.74, 6) is -0.446. The van der Waals surface area contributed by atoms with Crippen LogP contribution in [-0.2, 0) is 28.0 Å². The zero-order valence-corrected chi connectivity index (χ0v) is 25.0. The van der Waals surface area contributed by atoms with Gasteiger partial charge in [0.2, 0.25) is 11.8 Å². The molecule has 2 fully saturated rings. The fraction of sp³-hybridized carbons (Fsp3) is 0.355. The Labute approximate surface area is 255 Å². The number of piperidine rings is 1. The molecule has 0 spiro atoms. The summed E-state index contributed by atoms with van der Waals surface area (Å²) in [5, 5.41) is 8.15. The van der Waals surface area contributed by atoms with Gasteiger partial charge in [-0.15, -0.1) is 0 Å². The van der Waals surface area contributed by atoms with Gasteiger partial charge in [-0.1, -0.05) is 88.9 Å². The molecule has 2 N–H and O–H groups in total. The Morgan fingerprint density at radius 3 is 2.15 bits per heavy atom. The van der Waals surface area contributed by atoms with E-state index in [1.807, 2.05) is 6.07 Å². The minimum atomic E-state index is -0.808. The number of hydrogen-bond acceptors (Lipinski definition) is 3. The maximum atomic E-state index is 13.7. The standard InChI is InChI=1S/C31H31Cl4N3O2/c32-22-7-6-21(26(34)17-22)16-28(37-30(40)31(12-13-31)25-9-8-23(33)18-27(25)35)29(39)36-24-10-14-38(15-11-24)19-20-4-2-1-3-5-20/h1-9,17-18,24,28H,10-16,19H2,(H,36,39)(H,37,40)/t28-/m0/s1. The number of halogens is 4. The number of likely N-dealkylation sites (tertiary alicyclic amines) is 1.